The van der Waals surface area contributed by atoms with Gasteiger partial charge in [0.1, 0.15) is 6.54 Å². The van der Waals surface area contributed by atoms with E-state index in [1.807, 2.05) is 0 Å². The summed E-state index contributed by atoms with van der Waals surface area (Å²) in [5, 5.41) is 12.2. The number of aliphatic carboxylic acids is 1. The molecule has 0 bridgehead atoms. The summed E-state index contributed by atoms with van der Waals surface area (Å²) in [5.74, 6) is -2.92. The van der Waals surface area contributed by atoms with Crippen molar-refractivity contribution in [2.75, 3.05) is 20.1 Å². The average molecular weight is 332 g/mol. The largest absolute Gasteiger partial charge is 0.480 e. The van der Waals surface area contributed by atoms with Gasteiger partial charge in [0, 0.05) is 19.5 Å². The molecule has 0 saturated carbocycles. The molecule has 11 nitrogen and oxygen atoms in total. The van der Waals surface area contributed by atoms with Gasteiger partial charge in [0.25, 0.3) is 0 Å². The molecule has 0 aliphatic heterocycles. The summed E-state index contributed by atoms with van der Waals surface area (Å²) in [7, 11) is 1.39. The number of primary amides is 1. The first-order valence-electron chi connectivity index (χ1n) is 6.92. The van der Waals surface area contributed by atoms with Gasteiger partial charge in [-0.15, -0.1) is 0 Å². The Morgan fingerprint density at radius 3 is 2.30 bits per heavy atom. The van der Waals surface area contributed by atoms with Gasteiger partial charge in [-0.3, -0.25) is 24.6 Å². The van der Waals surface area contributed by atoms with E-state index in [0.29, 0.717) is 6.42 Å². The standard InChI is InChI=1S/C12H24N6O5/c1-18(6-11(21)22)17-10(20)4-7(2-3-13)16-12(23)8(14)5-9(15)19/h7-8H,2-6,13-14H2,1H3,(H2,15,19)(H,16,23)(H,17,20)(H,21,22)/t7-,8-/m0/s1. The van der Waals surface area contributed by atoms with Crippen LogP contribution in [0.15, 0.2) is 0 Å². The van der Waals surface area contributed by atoms with Crippen molar-refractivity contribution in [3.05, 3.63) is 0 Å². The monoisotopic (exact) mass is 332 g/mol. The molecule has 0 saturated heterocycles. The number of nitrogens with one attached hydrogen (secondary N) is 2. The highest BCUT2D eigenvalue weighted by atomic mass is 16.4. The minimum atomic E-state index is -1.11. The van der Waals surface area contributed by atoms with E-state index >= 15 is 0 Å². The summed E-state index contributed by atoms with van der Waals surface area (Å²) in [5.41, 5.74) is 18.2. The van der Waals surface area contributed by atoms with Gasteiger partial charge in [-0.25, -0.2) is 5.01 Å². The molecule has 0 aromatic carbocycles. The third-order valence-electron chi connectivity index (χ3n) is 2.74. The first-order chi connectivity index (χ1) is 10.6. The molecule has 0 rings (SSSR count). The number of carboxylic acids is 1. The maximum Gasteiger partial charge on any atom is 0.319 e. The number of rotatable bonds is 11. The summed E-state index contributed by atoms with van der Waals surface area (Å²) in [4.78, 5) is 44.9. The first kappa shape index (κ1) is 20.8. The highest BCUT2D eigenvalue weighted by Gasteiger charge is 2.21. The molecule has 23 heavy (non-hydrogen) atoms. The summed E-state index contributed by atoms with van der Waals surface area (Å²) in [6.07, 6.45) is -0.115. The number of likely N-dealkylation sites (N-methyl/N-ethyl adjacent to an activating group) is 1. The Morgan fingerprint density at radius 1 is 1.22 bits per heavy atom. The molecule has 0 aromatic heterocycles. The highest BCUT2D eigenvalue weighted by molar-refractivity contribution is 5.88. The van der Waals surface area contributed by atoms with E-state index in [2.05, 4.69) is 10.7 Å². The van der Waals surface area contributed by atoms with Crippen LogP contribution in [0.2, 0.25) is 0 Å². The van der Waals surface area contributed by atoms with Gasteiger partial charge in [-0.1, -0.05) is 0 Å². The van der Waals surface area contributed by atoms with Crippen LogP contribution < -0.4 is 27.9 Å². The minimum Gasteiger partial charge on any atom is -0.480 e. The van der Waals surface area contributed by atoms with E-state index < -0.39 is 35.8 Å². The summed E-state index contributed by atoms with van der Waals surface area (Å²) >= 11 is 0. The number of carboxylic acid groups (broad SMARTS) is 1. The molecule has 0 fully saturated rings. The third-order valence-corrected chi connectivity index (χ3v) is 2.74. The molecular formula is C12H24N6O5. The average Bonchev–Trinajstić information content (AvgIpc) is 2.36. The maximum atomic E-state index is 11.8. The zero-order valence-electron chi connectivity index (χ0n) is 12.9. The van der Waals surface area contributed by atoms with Crippen LogP contribution in [-0.2, 0) is 19.2 Å². The van der Waals surface area contributed by atoms with Crippen molar-refractivity contribution in [3.63, 3.8) is 0 Å². The molecule has 11 heteroatoms. The molecular weight excluding hydrogens is 308 g/mol. The van der Waals surface area contributed by atoms with Crippen LogP contribution in [0.1, 0.15) is 19.3 Å². The number of hydrazine groups is 1. The number of amides is 3. The third kappa shape index (κ3) is 10.2. The summed E-state index contributed by atoms with van der Waals surface area (Å²) < 4.78 is 0. The van der Waals surface area contributed by atoms with E-state index in [9.17, 15) is 19.2 Å². The maximum absolute atomic E-state index is 11.8. The van der Waals surface area contributed by atoms with E-state index in [0.717, 1.165) is 5.01 Å². The fourth-order valence-electron chi connectivity index (χ4n) is 1.77. The second-order valence-electron chi connectivity index (χ2n) is 5.05. The summed E-state index contributed by atoms with van der Waals surface area (Å²) in [6.45, 7) is -0.155. The van der Waals surface area contributed by atoms with E-state index in [-0.39, 0.29) is 25.9 Å². The van der Waals surface area contributed by atoms with Crippen LogP contribution >= 0.6 is 0 Å². The second-order valence-corrected chi connectivity index (χ2v) is 5.05. The van der Waals surface area contributed by atoms with Gasteiger partial charge >= 0.3 is 5.97 Å². The van der Waals surface area contributed by atoms with Crippen LogP contribution in [0.5, 0.6) is 0 Å². The van der Waals surface area contributed by atoms with Crippen LogP contribution in [0.25, 0.3) is 0 Å². The molecule has 0 heterocycles. The predicted molar refractivity (Wildman–Crippen MR) is 80.4 cm³/mol. The smallest absolute Gasteiger partial charge is 0.319 e. The van der Waals surface area contributed by atoms with E-state index in [1.165, 1.54) is 7.05 Å². The molecule has 0 radical (unpaired) electrons. The lowest BCUT2D eigenvalue weighted by Crippen LogP contribution is -2.50. The van der Waals surface area contributed by atoms with Gasteiger partial charge < -0.3 is 27.6 Å². The lowest BCUT2D eigenvalue weighted by Gasteiger charge is -2.22. The van der Waals surface area contributed by atoms with E-state index in [1.54, 1.807) is 0 Å². The Balaban J connectivity index is 4.49. The van der Waals surface area contributed by atoms with Crippen molar-refractivity contribution >= 4 is 23.7 Å². The zero-order valence-corrected chi connectivity index (χ0v) is 12.9. The van der Waals surface area contributed by atoms with Crippen LogP contribution in [0.3, 0.4) is 0 Å². The van der Waals surface area contributed by atoms with Gasteiger partial charge in [0.15, 0.2) is 0 Å². The lowest BCUT2D eigenvalue weighted by molar-refractivity contribution is -0.139. The molecule has 9 N–H and O–H groups in total. The van der Waals surface area contributed by atoms with Gasteiger partial charge in [-0.2, -0.15) is 0 Å². The van der Waals surface area contributed by atoms with Crippen molar-refractivity contribution in [1.29, 1.82) is 0 Å². The summed E-state index contributed by atoms with van der Waals surface area (Å²) in [6, 6.07) is -1.70. The number of carbonyl (C=O) groups is 4. The predicted octanol–water partition coefficient (Wildman–Crippen LogP) is -3.54. The molecule has 2 atom stereocenters. The Hall–Kier alpha value is -2.24. The van der Waals surface area contributed by atoms with Crippen LogP contribution in [0, 0.1) is 0 Å². The Morgan fingerprint density at radius 2 is 1.83 bits per heavy atom. The van der Waals surface area contributed by atoms with Crippen molar-refractivity contribution < 1.29 is 24.3 Å². The van der Waals surface area contributed by atoms with Crippen LogP contribution in [-0.4, -0.2) is 66.0 Å². The van der Waals surface area contributed by atoms with E-state index in [4.69, 9.17) is 22.3 Å². The quantitative estimate of drug-likeness (QED) is 0.209. The second kappa shape index (κ2) is 10.5. The van der Waals surface area contributed by atoms with Crippen molar-refractivity contribution in [1.82, 2.24) is 15.8 Å². The fourth-order valence-corrected chi connectivity index (χ4v) is 1.77. The molecule has 3 amide bonds. The molecule has 0 spiro atoms. The van der Waals surface area contributed by atoms with Crippen LogP contribution in [0.4, 0.5) is 0 Å². The van der Waals surface area contributed by atoms with Gasteiger partial charge in [0.05, 0.1) is 12.5 Å². The molecule has 0 unspecified atom stereocenters. The number of hydrogen-bond acceptors (Lipinski definition) is 7. The fraction of sp³-hybridized carbons (Fsp3) is 0.667. The van der Waals surface area contributed by atoms with Crippen molar-refractivity contribution in [3.8, 4) is 0 Å². The number of nitrogens with two attached hydrogens (primary N) is 3. The zero-order chi connectivity index (χ0) is 18.0. The minimum absolute atomic E-state index is 0.115. The van der Waals surface area contributed by atoms with Crippen molar-refractivity contribution in [2.24, 2.45) is 17.2 Å². The lowest BCUT2D eigenvalue weighted by atomic mass is 10.1. The topological polar surface area (TPSA) is 194 Å². The highest BCUT2D eigenvalue weighted by Crippen LogP contribution is 2.00. The van der Waals surface area contributed by atoms with Gasteiger partial charge in [-0.05, 0) is 13.0 Å². The Labute approximate surface area is 133 Å². The first-order valence-corrected chi connectivity index (χ1v) is 6.92. The molecule has 0 aliphatic rings. The number of hydrogen-bond donors (Lipinski definition) is 6. The molecule has 0 aliphatic carbocycles. The molecule has 0 aromatic rings. The van der Waals surface area contributed by atoms with Gasteiger partial charge in [0.2, 0.25) is 17.7 Å². The number of nitrogens with zero attached hydrogens (tertiary/aromatic N) is 1. The normalized spacial score (nSPS) is 13.2. The molecule has 132 valence electrons. The Bertz CT molecular complexity index is 444. The Kier molecular flexibility index (Phi) is 9.46. The van der Waals surface area contributed by atoms with Crippen molar-refractivity contribution in [2.45, 2.75) is 31.3 Å². The number of carbonyl (C=O) groups excluding carboxylic acids is 3. The SMILES string of the molecule is CN(CC(=O)O)NC(=O)C[C@H](CCN)NC(=O)[C@@H](N)CC(N)=O.